The predicted octanol–water partition coefficient (Wildman–Crippen LogP) is 5.93. The van der Waals surface area contributed by atoms with Crippen molar-refractivity contribution in [3.8, 4) is 0 Å². The molecule has 2 rings (SSSR count). The van der Waals surface area contributed by atoms with Crippen molar-refractivity contribution in [2.75, 3.05) is 0 Å². The molecule has 0 nitrogen and oxygen atoms in total. The molecule has 0 unspecified atom stereocenters. The lowest BCUT2D eigenvalue weighted by Gasteiger charge is -2.44. The van der Waals surface area contributed by atoms with Gasteiger partial charge in [0.2, 0.25) is 0 Å². The Labute approximate surface area is 117 Å². The Kier molecular flexibility index (Phi) is 4.26. The van der Waals surface area contributed by atoms with Gasteiger partial charge in [0.15, 0.2) is 0 Å². The minimum Gasteiger partial charge on any atom is -0.0898 e. The van der Waals surface area contributed by atoms with Crippen LogP contribution in [0, 0.1) is 23.2 Å². The van der Waals surface area contributed by atoms with Gasteiger partial charge in [0.25, 0.3) is 0 Å². The summed E-state index contributed by atoms with van der Waals surface area (Å²) in [5, 5.41) is 0.930. The Morgan fingerprint density at radius 1 is 1.61 bits per heavy atom. The molecule has 0 bridgehead atoms. The van der Waals surface area contributed by atoms with E-state index in [1.165, 1.54) is 25.7 Å². The molecule has 0 saturated heterocycles. The fourth-order valence-corrected chi connectivity index (χ4v) is 4.46. The summed E-state index contributed by atoms with van der Waals surface area (Å²) < 4.78 is 0. The Morgan fingerprint density at radius 3 is 3.00 bits per heavy atom. The molecule has 0 radical (unpaired) electrons. The monoisotopic (exact) mass is 266 g/mol. The van der Waals surface area contributed by atoms with Gasteiger partial charge in [-0.15, -0.1) is 0 Å². The third-order valence-electron chi connectivity index (χ3n) is 5.40. The van der Waals surface area contributed by atoms with E-state index in [1.54, 1.807) is 5.57 Å². The van der Waals surface area contributed by atoms with Crippen LogP contribution in [-0.4, -0.2) is 0 Å². The highest BCUT2D eigenvalue weighted by atomic mass is 35.5. The van der Waals surface area contributed by atoms with Crippen LogP contribution in [0.5, 0.6) is 0 Å². The van der Waals surface area contributed by atoms with E-state index in [4.69, 9.17) is 11.6 Å². The molecule has 1 saturated carbocycles. The highest BCUT2D eigenvalue weighted by molar-refractivity contribution is 6.29. The Morgan fingerprint density at radius 2 is 2.33 bits per heavy atom. The van der Waals surface area contributed by atoms with E-state index in [0.29, 0.717) is 11.3 Å². The maximum absolute atomic E-state index is 5.97. The van der Waals surface area contributed by atoms with Gasteiger partial charge in [-0.05, 0) is 49.4 Å². The molecule has 1 heteroatoms. The summed E-state index contributed by atoms with van der Waals surface area (Å²) in [6, 6.07) is 0. The third-order valence-corrected chi connectivity index (χ3v) is 5.55. The summed E-state index contributed by atoms with van der Waals surface area (Å²) in [7, 11) is 0. The van der Waals surface area contributed by atoms with Gasteiger partial charge >= 0.3 is 0 Å². The van der Waals surface area contributed by atoms with Crippen LogP contribution < -0.4 is 0 Å². The zero-order chi connectivity index (χ0) is 13.3. The molecule has 2 aliphatic rings. The summed E-state index contributed by atoms with van der Waals surface area (Å²) in [4.78, 5) is 0. The van der Waals surface area contributed by atoms with Gasteiger partial charge in [-0.1, -0.05) is 62.9 Å². The van der Waals surface area contributed by atoms with Crippen molar-refractivity contribution in [2.24, 2.45) is 23.2 Å². The van der Waals surface area contributed by atoms with Crippen LogP contribution in [0.2, 0.25) is 0 Å². The van der Waals surface area contributed by atoms with E-state index >= 15 is 0 Å². The predicted molar refractivity (Wildman–Crippen MR) is 80.7 cm³/mol. The first kappa shape index (κ1) is 14.2. The largest absolute Gasteiger partial charge is 0.0898 e. The third kappa shape index (κ3) is 2.54. The summed E-state index contributed by atoms with van der Waals surface area (Å²) in [6.07, 6.45) is 11.4. The molecule has 0 aromatic rings. The smallest absolute Gasteiger partial charge is 0.0110 e. The van der Waals surface area contributed by atoms with Crippen LogP contribution in [0.3, 0.4) is 0 Å². The SMILES string of the molecule is C/C(Cl)=C/C[C@@H](C)C1=CC[C@H]2[C@@H](C)CCC[C@]12C. The summed E-state index contributed by atoms with van der Waals surface area (Å²) in [5.74, 6) is 2.44. The van der Waals surface area contributed by atoms with Gasteiger partial charge in [-0.3, -0.25) is 0 Å². The van der Waals surface area contributed by atoms with Crippen LogP contribution in [-0.2, 0) is 0 Å². The van der Waals surface area contributed by atoms with E-state index in [-0.39, 0.29) is 0 Å². The molecular formula is C17H27Cl. The molecule has 0 spiro atoms. The fourth-order valence-electron chi connectivity index (χ4n) is 4.37. The number of fused-ring (bicyclic) bond motifs is 1. The van der Waals surface area contributed by atoms with Crippen LogP contribution in [0.1, 0.15) is 59.8 Å². The molecule has 1 fully saturated rings. The van der Waals surface area contributed by atoms with Crippen LogP contribution in [0.4, 0.5) is 0 Å². The maximum atomic E-state index is 5.97. The highest BCUT2D eigenvalue weighted by Gasteiger charge is 2.46. The molecule has 0 aliphatic heterocycles. The number of rotatable bonds is 3. The minimum absolute atomic E-state index is 0.477. The van der Waals surface area contributed by atoms with Crippen molar-refractivity contribution in [3.05, 3.63) is 22.8 Å². The Hall–Kier alpha value is -0.230. The summed E-state index contributed by atoms with van der Waals surface area (Å²) >= 11 is 5.97. The number of halogens is 1. The molecule has 4 atom stereocenters. The maximum Gasteiger partial charge on any atom is 0.0110 e. The second kappa shape index (κ2) is 5.41. The van der Waals surface area contributed by atoms with Gasteiger partial charge in [0.05, 0.1) is 0 Å². The van der Waals surface area contributed by atoms with Crippen molar-refractivity contribution in [1.29, 1.82) is 0 Å². The summed E-state index contributed by atoms with van der Waals surface area (Å²) in [5.41, 5.74) is 2.19. The molecular weight excluding hydrogens is 240 g/mol. The first-order valence-electron chi connectivity index (χ1n) is 7.48. The first-order chi connectivity index (χ1) is 8.45. The van der Waals surface area contributed by atoms with E-state index in [2.05, 4.69) is 32.9 Å². The molecule has 0 heterocycles. The minimum atomic E-state index is 0.477. The number of hydrogen-bond donors (Lipinski definition) is 0. The van der Waals surface area contributed by atoms with E-state index in [9.17, 15) is 0 Å². The van der Waals surface area contributed by atoms with Crippen molar-refractivity contribution in [2.45, 2.75) is 59.8 Å². The lowest BCUT2D eigenvalue weighted by Crippen LogP contribution is -2.35. The molecule has 0 amide bonds. The van der Waals surface area contributed by atoms with Gasteiger partial charge in [-0.25, -0.2) is 0 Å². The zero-order valence-electron chi connectivity index (χ0n) is 12.3. The molecule has 2 aliphatic carbocycles. The lowest BCUT2D eigenvalue weighted by atomic mass is 9.60. The first-order valence-corrected chi connectivity index (χ1v) is 7.85. The number of hydrogen-bond acceptors (Lipinski definition) is 0. The molecule has 0 N–H and O–H groups in total. The standard InChI is InChI=1S/C17H27Cl/c1-12-6-5-11-17(4)15(12)9-10-16(17)13(2)7-8-14(3)18/h8,10,12-13,15H,5-7,9,11H2,1-4H3/b14-8-/t12-,13+,15-,17-/m0/s1. The molecule has 0 aromatic carbocycles. The van der Waals surface area contributed by atoms with E-state index in [1.807, 2.05) is 6.92 Å². The quantitative estimate of drug-likeness (QED) is 0.556. The summed E-state index contributed by atoms with van der Waals surface area (Å²) in [6.45, 7) is 9.31. The molecule has 0 aromatic heterocycles. The van der Waals surface area contributed by atoms with Crippen molar-refractivity contribution in [1.82, 2.24) is 0 Å². The zero-order valence-corrected chi connectivity index (χ0v) is 13.1. The van der Waals surface area contributed by atoms with Gasteiger partial charge in [0, 0.05) is 5.03 Å². The number of allylic oxidation sites excluding steroid dienone is 4. The Bertz CT molecular complexity index is 362. The average Bonchev–Trinajstić information content (AvgIpc) is 2.64. The topological polar surface area (TPSA) is 0 Å². The Balaban J connectivity index is 2.12. The van der Waals surface area contributed by atoms with Gasteiger partial charge in [-0.2, -0.15) is 0 Å². The van der Waals surface area contributed by atoms with Gasteiger partial charge in [0.1, 0.15) is 0 Å². The van der Waals surface area contributed by atoms with Gasteiger partial charge < -0.3 is 0 Å². The fraction of sp³-hybridized carbons (Fsp3) is 0.765. The molecule has 18 heavy (non-hydrogen) atoms. The lowest BCUT2D eigenvalue weighted by molar-refractivity contribution is 0.111. The second-order valence-corrected chi connectivity index (χ2v) is 7.31. The second-order valence-electron chi connectivity index (χ2n) is 6.72. The van der Waals surface area contributed by atoms with E-state index in [0.717, 1.165) is 23.3 Å². The highest BCUT2D eigenvalue weighted by Crippen LogP contribution is 2.56. The van der Waals surface area contributed by atoms with Crippen molar-refractivity contribution < 1.29 is 0 Å². The van der Waals surface area contributed by atoms with Crippen LogP contribution >= 0.6 is 11.6 Å². The van der Waals surface area contributed by atoms with Crippen molar-refractivity contribution >= 4 is 11.6 Å². The van der Waals surface area contributed by atoms with Crippen LogP contribution in [0.25, 0.3) is 0 Å². The van der Waals surface area contributed by atoms with Crippen molar-refractivity contribution in [3.63, 3.8) is 0 Å². The van der Waals surface area contributed by atoms with Crippen LogP contribution in [0.15, 0.2) is 22.8 Å². The average molecular weight is 267 g/mol. The normalized spacial score (nSPS) is 38.3. The molecule has 102 valence electrons. The van der Waals surface area contributed by atoms with E-state index < -0.39 is 0 Å².